The summed E-state index contributed by atoms with van der Waals surface area (Å²) in [7, 11) is 0. The third-order valence-electron chi connectivity index (χ3n) is 3.30. The largest absolute Gasteiger partial charge is 0.372 e. The monoisotopic (exact) mass is 270 g/mol. The van der Waals surface area contributed by atoms with Gasteiger partial charge in [0.05, 0.1) is 12.2 Å². The van der Waals surface area contributed by atoms with Crippen molar-refractivity contribution >= 4 is 5.95 Å². The molecule has 1 aliphatic rings. The lowest BCUT2D eigenvalue weighted by Crippen LogP contribution is -2.49. The van der Waals surface area contributed by atoms with Crippen molar-refractivity contribution in [3.05, 3.63) is 36.7 Å². The molecule has 0 atom stereocenters. The van der Waals surface area contributed by atoms with Gasteiger partial charge in [0.25, 0.3) is 0 Å². The van der Waals surface area contributed by atoms with Gasteiger partial charge in [0.2, 0.25) is 5.95 Å². The van der Waals surface area contributed by atoms with Crippen molar-refractivity contribution in [3.8, 4) is 11.4 Å². The molecule has 3 rings (SSSR count). The molecule has 1 aromatic carbocycles. The van der Waals surface area contributed by atoms with E-state index in [1.54, 1.807) is 6.33 Å². The minimum atomic E-state index is -0.169. The molecule has 0 bridgehead atoms. The smallest absolute Gasteiger partial charge is 0.229 e. The molecule has 0 spiro atoms. The van der Waals surface area contributed by atoms with E-state index in [4.69, 9.17) is 4.74 Å². The third kappa shape index (κ3) is 2.77. The van der Waals surface area contributed by atoms with E-state index in [1.165, 1.54) is 0 Å². The van der Waals surface area contributed by atoms with E-state index in [0.29, 0.717) is 12.4 Å². The summed E-state index contributed by atoms with van der Waals surface area (Å²) in [5.41, 5.74) is 0.835. The van der Waals surface area contributed by atoms with Crippen LogP contribution in [0, 0.1) is 0 Å². The number of anilines is 1. The van der Waals surface area contributed by atoms with Gasteiger partial charge in [-0.25, -0.2) is 9.97 Å². The average Bonchev–Trinajstić information content (AvgIpc) is 2.47. The maximum absolute atomic E-state index is 5.72. The summed E-state index contributed by atoms with van der Waals surface area (Å²) in [5, 5.41) is 0. The summed E-state index contributed by atoms with van der Waals surface area (Å²) in [6, 6.07) is 9.95. The van der Waals surface area contributed by atoms with E-state index in [-0.39, 0.29) is 5.60 Å². The van der Waals surface area contributed by atoms with E-state index in [1.807, 2.05) is 30.3 Å². The molecule has 104 valence electrons. The second-order valence-corrected chi connectivity index (χ2v) is 5.50. The van der Waals surface area contributed by atoms with E-state index >= 15 is 0 Å². The van der Waals surface area contributed by atoms with Gasteiger partial charge in [-0.05, 0) is 13.8 Å². The first-order valence-electron chi connectivity index (χ1n) is 6.77. The highest BCUT2D eigenvalue weighted by atomic mass is 16.5. The van der Waals surface area contributed by atoms with E-state index < -0.39 is 0 Å². The van der Waals surface area contributed by atoms with Gasteiger partial charge in [-0.15, -0.1) is 0 Å². The van der Waals surface area contributed by atoms with Crippen molar-refractivity contribution in [1.29, 1.82) is 0 Å². The Kier molecular flexibility index (Phi) is 3.36. The second kappa shape index (κ2) is 5.17. The number of hydrogen-bond donors (Lipinski definition) is 0. The van der Waals surface area contributed by atoms with Crippen molar-refractivity contribution in [2.75, 3.05) is 24.6 Å². The summed E-state index contributed by atoms with van der Waals surface area (Å²) < 4.78 is 5.72. The van der Waals surface area contributed by atoms with Gasteiger partial charge in [0.1, 0.15) is 6.33 Å². The standard InChI is InChI=1S/C15H18N4O/c1-15(2)10-19(8-9-20-15)14-17-11-16-13(18-14)12-6-4-3-5-7-12/h3-7,11H,8-10H2,1-2H3. The molecule has 2 heterocycles. The Bertz CT molecular complexity index is 585. The van der Waals surface area contributed by atoms with Crippen molar-refractivity contribution < 1.29 is 4.74 Å². The summed E-state index contributed by atoms with van der Waals surface area (Å²) in [4.78, 5) is 15.3. The highest BCUT2D eigenvalue weighted by Gasteiger charge is 2.28. The van der Waals surface area contributed by atoms with E-state index in [0.717, 1.165) is 24.6 Å². The molecule has 0 radical (unpaired) electrons. The molecular weight excluding hydrogens is 252 g/mol. The van der Waals surface area contributed by atoms with Crippen LogP contribution < -0.4 is 4.90 Å². The van der Waals surface area contributed by atoms with Crippen LogP contribution >= 0.6 is 0 Å². The van der Waals surface area contributed by atoms with Crippen LogP contribution in [0.1, 0.15) is 13.8 Å². The molecule has 20 heavy (non-hydrogen) atoms. The Morgan fingerprint density at radius 1 is 1.15 bits per heavy atom. The number of morpholine rings is 1. The number of aromatic nitrogens is 3. The maximum atomic E-state index is 5.72. The lowest BCUT2D eigenvalue weighted by Gasteiger charge is -2.38. The Labute approximate surface area is 118 Å². The zero-order valence-electron chi connectivity index (χ0n) is 11.8. The molecule has 0 aliphatic carbocycles. The van der Waals surface area contributed by atoms with Crippen LogP contribution in [-0.4, -0.2) is 40.2 Å². The quantitative estimate of drug-likeness (QED) is 0.837. The van der Waals surface area contributed by atoms with Gasteiger partial charge >= 0.3 is 0 Å². The van der Waals surface area contributed by atoms with Crippen LogP contribution in [-0.2, 0) is 4.74 Å². The van der Waals surface area contributed by atoms with Crippen LogP contribution in [0.3, 0.4) is 0 Å². The van der Waals surface area contributed by atoms with Crippen LogP contribution in [0.15, 0.2) is 36.7 Å². The van der Waals surface area contributed by atoms with Crippen molar-refractivity contribution in [1.82, 2.24) is 15.0 Å². The van der Waals surface area contributed by atoms with E-state index in [2.05, 4.69) is 33.7 Å². The number of hydrogen-bond acceptors (Lipinski definition) is 5. The van der Waals surface area contributed by atoms with E-state index in [9.17, 15) is 0 Å². The number of nitrogens with zero attached hydrogens (tertiary/aromatic N) is 4. The van der Waals surface area contributed by atoms with Crippen molar-refractivity contribution in [2.45, 2.75) is 19.4 Å². The fourth-order valence-corrected chi connectivity index (χ4v) is 2.35. The zero-order chi connectivity index (χ0) is 14.0. The summed E-state index contributed by atoms with van der Waals surface area (Å²) in [6.45, 7) is 6.45. The lowest BCUT2D eigenvalue weighted by atomic mass is 10.1. The molecule has 0 unspecified atom stereocenters. The number of ether oxygens (including phenoxy) is 1. The minimum absolute atomic E-state index is 0.169. The predicted molar refractivity (Wildman–Crippen MR) is 77.5 cm³/mol. The first-order chi connectivity index (χ1) is 9.64. The van der Waals surface area contributed by atoms with Gasteiger partial charge in [0.15, 0.2) is 5.82 Å². The molecule has 0 saturated carbocycles. The lowest BCUT2D eigenvalue weighted by molar-refractivity contribution is -0.0281. The highest BCUT2D eigenvalue weighted by Crippen LogP contribution is 2.21. The Morgan fingerprint density at radius 2 is 1.95 bits per heavy atom. The van der Waals surface area contributed by atoms with Gasteiger partial charge in [-0.2, -0.15) is 4.98 Å². The minimum Gasteiger partial charge on any atom is -0.372 e. The van der Waals surface area contributed by atoms with Gasteiger partial charge < -0.3 is 9.64 Å². The molecule has 0 amide bonds. The molecule has 1 aromatic heterocycles. The maximum Gasteiger partial charge on any atom is 0.229 e. The molecule has 1 saturated heterocycles. The van der Waals surface area contributed by atoms with Gasteiger partial charge in [-0.3, -0.25) is 0 Å². The number of benzene rings is 1. The molecule has 2 aromatic rings. The zero-order valence-corrected chi connectivity index (χ0v) is 11.8. The molecule has 0 N–H and O–H groups in total. The first kappa shape index (κ1) is 13.0. The Balaban J connectivity index is 1.88. The van der Waals surface area contributed by atoms with Gasteiger partial charge in [-0.1, -0.05) is 30.3 Å². The fourth-order valence-electron chi connectivity index (χ4n) is 2.35. The SMILES string of the molecule is CC1(C)CN(c2ncnc(-c3ccccc3)n2)CCO1. The fraction of sp³-hybridized carbons (Fsp3) is 0.400. The molecule has 1 aliphatic heterocycles. The highest BCUT2D eigenvalue weighted by molar-refractivity contribution is 5.55. The second-order valence-electron chi connectivity index (χ2n) is 5.50. The van der Waals surface area contributed by atoms with Crippen LogP contribution in [0.25, 0.3) is 11.4 Å². The normalized spacial score (nSPS) is 18.0. The number of rotatable bonds is 2. The summed E-state index contributed by atoms with van der Waals surface area (Å²) in [6.07, 6.45) is 1.58. The molecular formula is C15H18N4O. The molecule has 5 nitrogen and oxygen atoms in total. The van der Waals surface area contributed by atoms with Crippen LogP contribution in [0.4, 0.5) is 5.95 Å². The predicted octanol–water partition coefficient (Wildman–Crippen LogP) is 2.15. The first-order valence-corrected chi connectivity index (χ1v) is 6.77. The molecule has 1 fully saturated rings. The Morgan fingerprint density at radius 3 is 2.70 bits per heavy atom. The van der Waals surface area contributed by atoms with Crippen molar-refractivity contribution in [3.63, 3.8) is 0 Å². The van der Waals surface area contributed by atoms with Crippen LogP contribution in [0.5, 0.6) is 0 Å². The van der Waals surface area contributed by atoms with Gasteiger partial charge in [0, 0.05) is 18.7 Å². The summed E-state index contributed by atoms with van der Waals surface area (Å²) in [5.74, 6) is 1.43. The Hall–Kier alpha value is -2.01. The van der Waals surface area contributed by atoms with Crippen molar-refractivity contribution in [2.24, 2.45) is 0 Å². The van der Waals surface area contributed by atoms with Crippen LogP contribution in [0.2, 0.25) is 0 Å². The molecule has 5 heteroatoms. The topological polar surface area (TPSA) is 51.1 Å². The summed E-state index contributed by atoms with van der Waals surface area (Å²) >= 11 is 0. The average molecular weight is 270 g/mol. The third-order valence-corrected chi connectivity index (χ3v) is 3.30.